The van der Waals surface area contributed by atoms with Gasteiger partial charge in [0.05, 0.1) is 34.9 Å². The molecule has 1 fully saturated rings. The van der Waals surface area contributed by atoms with E-state index in [2.05, 4.69) is 21.3 Å². The molecule has 0 aliphatic heterocycles. The van der Waals surface area contributed by atoms with Gasteiger partial charge >= 0.3 is 12.1 Å². The van der Waals surface area contributed by atoms with Crippen LogP contribution in [0.5, 0.6) is 0 Å². The third-order valence-electron chi connectivity index (χ3n) is 5.53. The Balaban J connectivity index is 1.48. The minimum absolute atomic E-state index is 0.0522. The highest BCUT2D eigenvalue weighted by Gasteiger charge is 2.57. The second-order valence-corrected chi connectivity index (χ2v) is 7.65. The standard InChI is InChI=1S/C20H13F5N6/c21-19(22,20(23,24)25)11-31-16-8-27-17(6-12(16)7-28-31)30-9-13-5-14(1-2-15(13)29-30)18(10-26)3-4-18/h1-2,5-9H,3-4,11H2. The van der Waals surface area contributed by atoms with E-state index in [4.69, 9.17) is 0 Å². The number of hydrogen-bond donors (Lipinski definition) is 0. The molecule has 0 atom stereocenters. The number of pyridine rings is 1. The minimum atomic E-state index is -5.67. The molecule has 1 aromatic carbocycles. The van der Waals surface area contributed by atoms with Crippen LogP contribution in [-0.2, 0) is 12.0 Å². The first-order valence-electron chi connectivity index (χ1n) is 9.30. The molecule has 0 unspecified atom stereocenters. The van der Waals surface area contributed by atoms with Gasteiger partial charge in [-0.2, -0.15) is 37.4 Å². The zero-order valence-corrected chi connectivity index (χ0v) is 15.7. The van der Waals surface area contributed by atoms with Gasteiger partial charge in [0.25, 0.3) is 0 Å². The highest BCUT2D eigenvalue weighted by atomic mass is 19.4. The fourth-order valence-electron chi connectivity index (χ4n) is 3.53. The van der Waals surface area contributed by atoms with Gasteiger partial charge in [-0.05, 0) is 36.6 Å². The molecule has 31 heavy (non-hydrogen) atoms. The number of nitrogens with zero attached hydrogens (tertiary/aromatic N) is 6. The molecule has 3 aromatic heterocycles. The summed E-state index contributed by atoms with van der Waals surface area (Å²) in [6.07, 6.45) is 0.0895. The van der Waals surface area contributed by atoms with E-state index in [1.807, 2.05) is 18.2 Å². The van der Waals surface area contributed by atoms with Crippen molar-refractivity contribution < 1.29 is 22.0 Å². The van der Waals surface area contributed by atoms with Crippen molar-refractivity contribution in [3.05, 3.63) is 48.4 Å². The Labute approximate surface area is 171 Å². The van der Waals surface area contributed by atoms with Gasteiger partial charge in [-0.3, -0.25) is 4.68 Å². The van der Waals surface area contributed by atoms with Gasteiger partial charge in [0.1, 0.15) is 6.54 Å². The van der Waals surface area contributed by atoms with E-state index in [1.54, 1.807) is 6.20 Å². The minimum Gasteiger partial charge on any atom is -0.257 e. The third-order valence-corrected chi connectivity index (χ3v) is 5.53. The third kappa shape index (κ3) is 3.10. The van der Waals surface area contributed by atoms with Crippen molar-refractivity contribution in [1.29, 1.82) is 5.26 Å². The highest BCUT2D eigenvalue weighted by molar-refractivity contribution is 5.81. The molecule has 11 heteroatoms. The molecule has 0 radical (unpaired) electrons. The van der Waals surface area contributed by atoms with Crippen LogP contribution in [0.3, 0.4) is 0 Å². The summed E-state index contributed by atoms with van der Waals surface area (Å²) in [4.78, 5) is 4.16. The maximum Gasteiger partial charge on any atom is 0.455 e. The first-order valence-corrected chi connectivity index (χ1v) is 9.30. The van der Waals surface area contributed by atoms with Crippen LogP contribution in [0, 0.1) is 11.3 Å². The van der Waals surface area contributed by atoms with Gasteiger partial charge in [-0.1, -0.05) is 6.07 Å². The van der Waals surface area contributed by atoms with Gasteiger partial charge in [-0.25, -0.2) is 9.67 Å². The first-order chi connectivity index (χ1) is 14.6. The van der Waals surface area contributed by atoms with Crippen LogP contribution < -0.4 is 0 Å². The predicted molar refractivity (Wildman–Crippen MR) is 99.7 cm³/mol. The molecule has 6 nitrogen and oxygen atoms in total. The molecule has 158 valence electrons. The molecule has 0 spiro atoms. The lowest BCUT2D eigenvalue weighted by molar-refractivity contribution is -0.287. The number of hydrogen-bond acceptors (Lipinski definition) is 4. The van der Waals surface area contributed by atoms with E-state index >= 15 is 0 Å². The Hall–Kier alpha value is -3.55. The Morgan fingerprint density at radius 1 is 1.06 bits per heavy atom. The summed E-state index contributed by atoms with van der Waals surface area (Å²) in [5, 5.41) is 18.6. The monoisotopic (exact) mass is 432 g/mol. The molecule has 0 N–H and O–H groups in total. The number of fused-ring (bicyclic) bond motifs is 2. The Morgan fingerprint density at radius 2 is 1.84 bits per heavy atom. The van der Waals surface area contributed by atoms with Crippen LogP contribution in [0.25, 0.3) is 27.6 Å². The number of alkyl halides is 5. The summed E-state index contributed by atoms with van der Waals surface area (Å²) in [5.74, 6) is -4.56. The lowest BCUT2D eigenvalue weighted by atomic mass is 9.97. The van der Waals surface area contributed by atoms with Crippen molar-refractivity contribution in [2.45, 2.75) is 36.9 Å². The van der Waals surface area contributed by atoms with Crippen LogP contribution in [-0.4, -0.2) is 36.6 Å². The van der Waals surface area contributed by atoms with Crippen molar-refractivity contribution in [2.24, 2.45) is 0 Å². The summed E-state index contributed by atoms with van der Waals surface area (Å²) >= 11 is 0. The topological polar surface area (TPSA) is 72.3 Å². The summed E-state index contributed by atoms with van der Waals surface area (Å²) < 4.78 is 66.4. The van der Waals surface area contributed by atoms with Crippen molar-refractivity contribution in [3.8, 4) is 11.9 Å². The molecule has 5 rings (SSSR count). The summed E-state index contributed by atoms with van der Waals surface area (Å²) in [7, 11) is 0. The van der Waals surface area contributed by atoms with Gasteiger partial charge in [0.15, 0.2) is 5.82 Å². The Bertz CT molecular complexity index is 1360. The van der Waals surface area contributed by atoms with Gasteiger partial charge in [0.2, 0.25) is 0 Å². The highest BCUT2D eigenvalue weighted by Crippen LogP contribution is 2.48. The molecule has 0 bridgehead atoms. The smallest absolute Gasteiger partial charge is 0.257 e. The van der Waals surface area contributed by atoms with Crippen LogP contribution in [0.4, 0.5) is 22.0 Å². The number of rotatable bonds is 4. The average Bonchev–Trinajstić information content (AvgIpc) is 3.25. The van der Waals surface area contributed by atoms with Crippen LogP contribution >= 0.6 is 0 Å². The fourth-order valence-corrected chi connectivity index (χ4v) is 3.53. The van der Waals surface area contributed by atoms with Crippen molar-refractivity contribution in [1.82, 2.24) is 24.5 Å². The van der Waals surface area contributed by atoms with E-state index in [-0.39, 0.29) is 5.52 Å². The second-order valence-electron chi connectivity index (χ2n) is 7.65. The van der Waals surface area contributed by atoms with E-state index < -0.39 is 24.1 Å². The lowest BCUT2D eigenvalue weighted by Gasteiger charge is -2.19. The summed E-state index contributed by atoms with van der Waals surface area (Å²) in [6, 6.07) is 9.45. The zero-order chi connectivity index (χ0) is 22.0. The normalized spacial score (nSPS) is 16.0. The predicted octanol–water partition coefficient (Wildman–Crippen LogP) is 4.52. The Morgan fingerprint density at radius 3 is 2.52 bits per heavy atom. The molecule has 0 saturated heterocycles. The largest absolute Gasteiger partial charge is 0.455 e. The molecule has 1 saturated carbocycles. The molecule has 0 amide bonds. The van der Waals surface area contributed by atoms with Crippen LogP contribution in [0.2, 0.25) is 0 Å². The summed E-state index contributed by atoms with van der Waals surface area (Å²) in [6.45, 7) is -1.63. The van der Waals surface area contributed by atoms with Crippen molar-refractivity contribution in [3.63, 3.8) is 0 Å². The number of benzene rings is 1. The Kier molecular flexibility index (Phi) is 3.90. The quantitative estimate of drug-likeness (QED) is 0.445. The van der Waals surface area contributed by atoms with Crippen LogP contribution in [0.15, 0.2) is 42.9 Å². The molecule has 1 aliphatic carbocycles. The first kappa shape index (κ1) is 19.4. The van der Waals surface area contributed by atoms with E-state index in [1.165, 1.54) is 23.1 Å². The lowest BCUT2D eigenvalue weighted by Crippen LogP contribution is -2.40. The maximum absolute atomic E-state index is 13.4. The number of nitriles is 1. The maximum atomic E-state index is 13.4. The average molecular weight is 432 g/mol. The van der Waals surface area contributed by atoms with Crippen molar-refractivity contribution >= 4 is 21.8 Å². The summed E-state index contributed by atoms with van der Waals surface area (Å²) in [5.41, 5.74) is 1.23. The van der Waals surface area contributed by atoms with Crippen LogP contribution in [0.1, 0.15) is 18.4 Å². The fraction of sp³-hybridized carbons (Fsp3) is 0.300. The number of halogens is 5. The molecular weight excluding hydrogens is 419 g/mol. The molecule has 4 aromatic rings. The van der Waals surface area contributed by atoms with E-state index in [0.717, 1.165) is 23.8 Å². The molecule has 1 aliphatic rings. The second kappa shape index (κ2) is 6.23. The van der Waals surface area contributed by atoms with Gasteiger partial charge in [-0.15, -0.1) is 0 Å². The number of aromatic nitrogens is 5. The molecular formula is C20H13F5N6. The SMILES string of the molecule is N#CC1(c2ccc3nn(-c4cc5cnn(CC(F)(F)C(F)(F)F)c5cn4)cc3c2)CC1. The van der Waals surface area contributed by atoms with Gasteiger partial charge in [0, 0.05) is 17.0 Å². The van der Waals surface area contributed by atoms with E-state index in [0.29, 0.717) is 21.4 Å². The van der Waals surface area contributed by atoms with Gasteiger partial charge < -0.3 is 0 Å². The van der Waals surface area contributed by atoms with Crippen molar-refractivity contribution in [2.75, 3.05) is 0 Å². The zero-order valence-electron chi connectivity index (χ0n) is 15.7. The van der Waals surface area contributed by atoms with E-state index in [9.17, 15) is 27.2 Å². The molecule has 3 heterocycles.